The molecule has 0 aliphatic carbocycles. The summed E-state index contributed by atoms with van der Waals surface area (Å²) >= 11 is 3.40. The lowest BCUT2D eigenvalue weighted by molar-refractivity contribution is 0.102. The number of rotatable bonds is 5. The maximum absolute atomic E-state index is 12.4. The first-order valence-corrected chi connectivity index (χ1v) is 8.08. The number of aromatic nitrogens is 2. The third-order valence-electron chi connectivity index (χ3n) is 3.33. The highest BCUT2D eigenvalue weighted by Crippen LogP contribution is 2.20. The average Bonchev–Trinajstić information content (AvgIpc) is 3.09. The van der Waals surface area contributed by atoms with E-state index in [1.807, 2.05) is 37.3 Å². The number of carbonyl (C=O) groups is 1. The zero-order valence-corrected chi connectivity index (χ0v) is 14.5. The maximum Gasteiger partial charge on any atom is 0.274 e. The lowest BCUT2D eigenvalue weighted by Crippen LogP contribution is -2.16. The second kappa shape index (κ2) is 7.27. The summed E-state index contributed by atoms with van der Waals surface area (Å²) in [6.45, 7) is 2.38. The second-order valence-corrected chi connectivity index (χ2v) is 6.03. The van der Waals surface area contributed by atoms with Crippen LogP contribution in [0, 0.1) is 6.92 Å². The molecule has 1 amide bonds. The predicted molar refractivity (Wildman–Crippen MR) is 94.9 cm³/mol. The summed E-state index contributed by atoms with van der Waals surface area (Å²) in [5.41, 5.74) is 1.99. The van der Waals surface area contributed by atoms with Gasteiger partial charge < -0.3 is 15.1 Å². The number of hydrogen-bond donors (Lipinski definition) is 2. The first kappa shape index (κ1) is 16.2. The van der Waals surface area contributed by atoms with Crippen LogP contribution in [0.1, 0.15) is 21.8 Å². The maximum atomic E-state index is 12.4. The Hall–Kier alpha value is -2.67. The molecule has 2 heterocycles. The van der Waals surface area contributed by atoms with Crippen LogP contribution in [0.4, 0.5) is 11.6 Å². The molecule has 0 spiro atoms. The minimum Gasteiger partial charge on any atom is -0.467 e. The largest absolute Gasteiger partial charge is 0.467 e. The molecule has 3 rings (SSSR count). The van der Waals surface area contributed by atoms with Crippen molar-refractivity contribution in [2.24, 2.45) is 0 Å². The van der Waals surface area contributed by atoms with E-state index in [1.165, 1.54) is 0 Å². The average molecular weight is 387 g/mol. The van der Waals surface area contributed by atoms with E-state index < -0.39 is 0 Å². The SMILES string of the molecule is Cc1cc(Br)ccc1NC(=O)c1ccnc(NCc2ccco2)n1. The van der Waals surface area contributed by atoms with Gasteiger partial charge in [0.15, 0.2) is 0 Å². The number of anilines is 2. The van der Waals surface area contributed by atoms with Gasteiger partial charge in [-0.05, 0) is 48.9 Å². The Kier molecular flexibility index (Phi) is 4.90. The Morgan fingerprint density at radius 1 is 1.29 bits per heavy atom. The van der Waals surface area contributed by atoms with E-state index in [0.717, 1.165) is 21.5 Å². The molecule has 24 heavy (non-hydrogen) atoms. The van der Waals surface area contributed by atoms with Gasteiger partial charge in [0, 0.05) is 16.4 Å². The zero-order valence-electron chi connectivity index (χ0n) is 12.9. The molecule has 0 atom stereocenters. The number of nitrogens with zero attached hydrogens (tertiary/aromatic N) is 2. The van der Waals surface area contributed by atoms with E-state index in [1.54, 1.807) is 18.5 Å². The van der Waals surface area contributed by atoms with Crippen LogP contribution >= 0.6 is 15.9 Å². The molecule has 0 aliphatic rings. The lowest BCUT2D eigenvalue weighted by atomic mass is 10.2. The molecule has 0 unspecified atom stereocenters. The molecule has 1 aromatic carbocycles. The Morgan fingerprint density at radius 3 is 2.92 bits per heavy atom. The molecule has 7 heteroatoms. The Balaban J connectivity index is 1.69. The molecule has 0 bridgehead atoms. The van der Waals surface area contributed by atoms with Gasteiger partial charge in [0.2, 0.25) is 5.95 Å². The predicted octanol–water partition coefficient (Wildman–Crippen LogP) is 4.00. The van der Waals surface area contributed by atoms with Crippen molar-refractivity contribution in [2.45, 2.75) is 13.5 Å². The normalized spacial score (nSPS) is 10.4. The van der Waals surface area contributed by atoms with E-state index in [4.69, 9.17) is 4.42 Å². The zero-order chi connectivity index (χ0) is 16.9. The van der Waals surface area contributed by atoms with Crippen molar-refractivity contribution in [1.82, 2.24) is 9.97 Å². The number of furan rings is 1. The number of nitrogens with one attached hydrogen (secondary N) is 2. The van der Waals surface area contributed by atoms with Crippen molar-refractivity contribution in [3.05, 3.63) is 70.3 Å². The number of carbonyl (C=O) groups excluding carboxylic acids is 1. The highest BCUT2D eigenvalue weighted by Gasteiger charge is 2.11. The van der Waals surface area contributed by atoms with E-state index in [-0.39, 0.29) is 11.6 Å². The van der Waals surface area contributed by atoms with E-state index in [2.05, 4.69) is 36.5 Å². The fourth-order valence-electron chi connectivity index (χ4n) is 2.10. The van der Waals surface area contributed by atoms with Crippen LogP contribution in [0.3, 0.4) is 0 Å². The van der Waals surface area contributed by atoms with Crippen molar-refractivity contribution in [3.8, 4) is 0 Å². The standard InChI is InChI=1S/C17H15BrN4O2/c1-11-9-12(18)4-5-14(11)21-16(23)15-6-7-19-17(22-15)20-10-13-3-2-8-24-13/h2-9H,10H2,1H3,(H,21,23)(H,19,20,22). The van der Waals surface area contributed by atoms with Crippen LogP contribution < -0.4 is 10.6 Å². The van der Waals surface area contributed by atoms with Gasteiger partial charge >= 0.3 is 0 Å². The van der Waals surface area contributed by atoms with Crippen molar-refractivity contribution in [1.29, 1.82) is 0 Å². The van der Waals surface area contributed by atoms with Crippen molar-refractivity contribution in [2.75, 3.05) is 10.6 Å². The van der Waals surface area contributed by atoms with Crippen LogP contribution in [-0.2, 0) is 6.54 Å². The van der Waals surface area contributed by atoms with Gasteiger partial charge in [-0.3, -0.25) is 4.79 Å². The van der Waals surface area contributed by atoms with Crippen LogP contribution in [0.2, 0.25) is 0 Å². The molecule has 0 aliphatic heterocycles. The molecule has 0 radical (unpaired) electrons. The highest BCUT2D eigenvalue weighted by atomic mass is 79.9. The van der Waals surface area contributed by atoms with Gasteiger partial charge in [-0.2, -0.15) is 0 Å². The molecule has 122 valence electrons. The fourth-order valence-corrected chi connectivity index (χ4v) is 2.58. The quantitative estimate of drug-likeness (QED) is 0.692. The van der Waals surface area contributed by atoms with E-state index >= 15 is 0 Å². The number of halogens is 1. The summed E-state index contributed by atoms with van der Waals surface area (Å²) in [6.07, 6.45) is 3.14. The van der Waals surface area contributed by atoms with Gasteiger partial charge in [0.1, 0.15) is 11.5 Å². The van der Waals surface area contributed by atoms with Crippen molar-refractivity contribution >= 4 is 33.5 Å². The molecular formula is C17H15BrN4O2. The second-order valence-electron chi connectivity index (χ2n) is 5.11. The van der Waals surface area contributed by atoms with Crippen molar-refractivity contribution in [3.63, 3.8) is 0 Å². The molecule has 0 fully saturated rings. The number of amides is 1. The molecule has 0 saturated heterocycles. The van der Waals surface area contributed by atoms with Gasteiger partial charge in [-0.15, -0.1) is 0 Å². The minimum atomic E-state index is -0.288. The fraction of sp³-hybridized carbons (Fsp3) is 0.118. The van der Waals surface area contributed by atoms with Crippen LogP contribution in [0.25, 0.3) is 0 Å². The van der Waals surface area contributed by atoms with E-state index in [9.17, 15) is 4.79 Å². The van der Waals surface area contributed by atoms with Gasteiger partial charge in [-0.1, -0.05) is 15.9 Å². The van der Waals surface area contributed by atoms with Gasteiger partial charge in [0.25, 0.3) is 5.91 Å². The summed E-state index contributed by atoms with van der Waals surface area (Å²) in [4.78, 5) is 20.7. The molecule has 3 aromatic rings. The van der Waals surface area contributed by atoms with Gasteiger partial charge in [-0.25, -0.2) is 9.97 Å². The Bertz CT molecular complexity index is 850. The highest BCUT2D eigenvalue weighted by molar-refractivity contribution is 9.10. The minimum absolute atomic E-state index is 0.286. The molecular weight excluding hydrogens is 372 g/mol. The number of benzene rings is 1. The summed E-state index contributed by atoms with van der Waals surface area (Å²) < 4.78 is 6.20. The van der Waals surface area contributed by atoms with Crippen molar-refractivity contribution < 1.29 is 9.21 Å². The monoisotopic (exact) mass is 386 g/mol. The smallest absolute Gasteiger partial charge is 0.274 e. The Labute approximate surface area is 147 Å². The van der Waals surface area contributed by atoms with E-state index in [0.29, 0.717) is 12.5 Å². The van der Waals surface area contributed by atoms with Crippen LogP contribution in [0.15, 0.2) is 57.7 Å². The van der Waals surface area contributed by atoms with Gasteiger partial charge in [0.05, 0.1) is 12.8 Å². The first-order valence-electron chi connectivity index (χ1n) is 7.28. The third-order valence-corrected chi connectivity index (χ3v) is 3.82. The topological polar surface area (TPSA) is 80.0 Å². The lowest BCUT2D eigenvalue weighted by Gasteiger charge is -2.09. The first-order chi connectivity index (χ1) is 11.6. The van der Waals surface area contributed by atoms with Crippen LogP contribution in [-0.4, -0.2) is 15.9 Å². The number of aryl methyl sites for hydroxylation is 1. The molecule has 2 N–H and O–H groups in total. The summed E-state index contributed by atoms with van der Waals surface area (Å²) in [5, 5.41) is 5.88. The molecule has 6 nitrogen and oxygen atoms in total. The Morgan fingerprint density at radius 2 is 2.17 bits per heavy atom. The third kappa shape index (κ3) is 3.99. The molecule has 0 saturated carbocycles. The van der Waals surface area contributed by atoms with Crippen LogP contribution in [0.5, 0.6) is 0 Å². The number of hydrogen-bond acceptors (Lipinski definition) is 5. The summed E-state index contributed by atoms with van der Waals surface area (Å²) in [6, 6.07) is 10.9. The summed E-state index contributed by atoms with van der Waals surface area (Å²) in [5.74, 6) is 0.842. The molecule has 2 aromatic heterocycles. The summed E-state index contributed by atoms with van der Waals surface area (Å²) in [7, 11) is 0.